The van der Waals surface area contributed by atoms with Crippen molar-refractivity contribution in [1.29, 1.82) is 0 Å². The molecule has 0 spiro atoms. The number of fused-ring (bicyclic) bond motifs is 1. The number of rotatable bonds is 9. The molecule has 1 aromatic heterocycles. The number of anilines is 1. The lowest BCUT2D eigenvalue weighted by Crippen LogP contribution is -2.18. The first-order valence-corrected chi connectivity index (χ1v) is 11.3. The zero-order chi connectivity index (χ0) is 22.3. The highest BCUT2D eigenvalue weighted by molar-refractivity contribution is 5.83. The minimum absolute atomic E-state index is 0.194. The summed E-state index contributed by atoms with van der Waals surface area (Å²) in [5, 5.41) is 4.55. The van der Waals surface area contributed by atoms with Crippen LogP contribution >= 0.6 is 0 Å². The predicted molar refractivity (Wildman–Crippen MR) is 132 cm³/mol. The monoisotopic (exact) mass is 427 g/mol. The molecule has 0 amide bonds. The van der Waals surface area contributed by atoms with Crippen LogP contribution in [0.25, 0.3) is 10.9 Å². The number of pyridine rings is 1. The molecule has 0 unspecified atom stereocenters. The van der Waals surface area contributed by atoms with E-state index in [4.69, 9.17) is 4.98 Å². The van der Waals surface area contributed by atoms with Gasteiger partial charge in [0.2, 0.25) is 0 Å². The standard InChI is InChI=1S/C28H30FN3/c1-3-16-30-17-14-26-11-8-24-20-27(12-13-28(24)31-26)32-18-15-23(19-21(32)2)5-4-22-6-9-25(29)10-7-22/h6-13,15,18-20,30H,2-5,14,16-17H2,1H3. The van der Waals surface area contributed by atoms with Crippen molar-refractivity contribution >= 4 is 16.6 Å². The number of hydrogen-bond acceptors (Lipinski definition) is 3. The number of aryl methyl sites for hydroxylation is 1. The Labute approximate surface area is 190 Å². The molecule has 2 aromatic carbocycles. The second-order valence-electron chi connectivity index (χ2n) is 8.20. The van der Waals surface area contributed by atoms with Crippen LogP contribution in [0.2, 0.25) is 0 Å². The molecule has 0 radical (unpaired) electrons. The van der Waals surface area contributed by atoms with Gasteiger partial charge in [0, 0.05) is 41.6 Å². The third-order valence-corrected chi connectivity index (χ3v) is 5.71. The molecule has 0 bridgehead atoms. The highest BCUT2D eigenvalue weighted by atomic mass is 19.1. The van der Waals surface area contributed by atoms with Crippen molar-refractivity contribution in [3.8, 4) is 0 Å². The molecule has 0 saturated carbocycles. The molecule has 0 atom stereocenters. The fourth-order valence-electron chi connectivity index (χ4n) is 3.91. The Balaban J connectivity index is 1.40. The zero-order valence-electron chi connectivity index (χ0n) is 18.7. The summed E-state index contributed by atoms with van der Waals surface area (Å²) in [7, 11) is 0. The van der Waals surface area contributed by atoms with E-state index in [1.165, 1.54) is 17.7 Å². The second kappa shape index (κ2) is 10.4. The van der Waals surface area contributed by atoms with Crippen LogP contribution in [0.3, 0.4) is 0 Å². The Kier molecular flexibility index (Phi) is 7.13. The van der Waals surface area contributed by atoms with Gasteiger partial charge >= 0.3 is 0 Å². The number of allylic oxidation sites excluding steroid dienone is 3. The first-order valence-electron chi connectivity index (χ1n) is 11.3. The molecule has 32 heavy (non-hydrogen) atoms. The van der Waals surface area contributed by atoms with E-state index < -0.39 is 0 Å². The van der Waals surface area contributed by atoms with Crippen molar-refractivity contribution in [2.45, 2.75) is 32.6 Å². The average molecular weight is 428 g/mol. The Hall–Kier alpha value is -3.24. The van der Waals surface area contributed by atoms with Gasteiger partial charge in [-0.3, -0.25) is 4.98 Å². The third kappa shape index (κ3) is 5.51. The van der Waals surface area contributed by atoms with Gasteiger partial charge in [0.15, 0.2) is 0 Å². The van der Waals surface area contributed by atoms with E-state index in [2.05, 4.69) is 72.4 Å². The minimum atomic E-state index is -0.194. The normalized spacial score (nSPS) is 13.6. The molecule has 0 fully saturated rings. The van der Waals surface area contributed by atoms with Gasteiger partial charge in [0.1, 0.15) is 5.82 Å². The number of benzene rings is 2. The van der Waals surface area contributed by atoms with Crippen LogP contribution in [0, 0.1) is 5.82 Å². The molecule has 164 valence electrons. The molecule has 3 aromatic rings. The van der Waals surface area contributed by atoms with Crippen molar-refractivity contribution in [2.24, 2.45) is 0 Å². The van der Waals surface area contributed by atoms with Gasteiger partial charge in [-0.1, -0.05) is 31.7 Å². The molecule has 4 heteroatoms. The first kappa shape index (κ1) is 22.0. The molecule has 3 nitrogen and oxygen atoms in total. The minimum Gasteiger partial charge on any atom is -0.318 e. The van der Waals surface area contributed by atoms with Crippen LogP contribution in [0.4, 0.5) is 10.1 Å². The summed E-state index contributed by atoms with van der Waals surface area (Å²) in [4.78, 5) is 6.91. The quantitative estimate of drug-likeness (QED) is 0.405. The van der Waals surface area contributed by atoms with Crippen molar-refractivity contribution in [2.75, 3.05) is 18.0 Å². The van der Waals surface area contributed by atoms with E-state index in [-0.39, 0.29) is 5.82 Å². The summed E-state index contributed by atoms with van der Waals surface area (Å²) in [5.41, 5.74) is 6.50. The molecule has 1 N–H and O–H groups in total. The van der Waals surface area contributed by atoms with E-state index in [9.17, 15) is 4.39 Å². The van der Waals surface area contributed by atoms with Crippen molar-refractivity contribution in [3.05, 3.63) is 108 Å². The molecule has 2 heterocycles. The van der Waals surface area contributed by atoms with Gasteiger partial charge in [-0.15, -0.1) is 0 Å². The highest BCUT2D eigenvalue weighted by Gasteiger charge is 2.12. The highest BCUT2D eigenvalue weighted by Crippen LogP contribution is 2.28. The van der Waals surface area contributed by atoms with Crippen LogP contribution < -0.4 is 10.2 Å². The molecular weight excluding hydrogens is 397 g/mol. The first-order chi connectivity index (χ1) is 15.6. The van der Waals surface area contributed by atoms with Crippen LogP contribution in [-0.2, 0) is 12.8 Å². The Bertz CT molecular complexity index is 1150. The SMILES string of the molecule is C=C1C=C(CCc2ccc(F)cc2)C=CN1c1ccc2nc(CCNCCC)ccc2c1. The molecule has 0 saturated heterocycles. The maximum absolute atomic E-state index is 13.1. The van der Waals surface area contributed by atoms with Gasteiger partial charge in [-0.2, -0.15) is 0 Å². The van der Waals surface area contributed by atoms with Gasteiger partial charge in [-0.05, 0) is 85.5 Å². The zero-order valence-corrected chi connectivity index (χ0v) is 18.7. The van der Waals surface area contributed by atoms with Crippen molar-refractivity contribution in [1.82, 2.24) is 10.3 Å². The van der Waals surface area contributed by atoms with Crippen molar-refractivity contribution < 1.29 is 4.39 Å². The van der Waals surface area contributed by atoms with Crippen LogP contribution in [0.15, 0.2) is 90.8 Å². The van der Waals surface area contributed by atoms with E-state index >= 15 is 0 Å². The Morgan fingerprint density at radius 2 is 1.81 bits per heavy atom. The van der Waals surface area contributed by atoms with E-state index in [0.29, 0.717) is 0 Å². The molecular formula is C28H30FN3. The van der Waals surface area contributed by atoms with Crippen LogP contribution in [0.1, 0.15) is 31.0 Å². The van der Waals surface area contributed by atoms with Crippen LogP contribution in [-0.4, -0.2) is 18.1 Å². The maximum atomic E-state index is 13.1. The Morgan fingerprint density at radius 1 is 0.969 bits per heavy atom. The number of nitrogens with zero attached hydrogens (tertiary/aromatic N) is 2. The van der Waals surface area contributed by atoms with Gasteiger partial charge in [-0.25, -0.2) is 4.39 Å². The molecule has 4 rings (SSSR count). The summed E-state index contributed by atoms with van der Waals surface area (Å²) in [6.45, 7) is 8.44. The second-order valence-corrected chi connectivity index (χ2v) is 8.20. The number of aromatic nitrogens is 1. The fourth-order valence-corrected chi connectivity index (χ4v) is 3.91. The smallest absolute Gasteiger partial charge is 0.123 e. The molecule has 1 aliphatic heterocycles. The van der Waals surface area contributed by atoms with Gasteiger partial charge < -0.3 is 10.2 Å². The lowest BCUT2D eigenvalue weighted by molar-refractivity contribution is 0.627. The van der Waals surface area contributed by atoms with E-state index in [0.717, 1.165) is 72.3 Å². The number of nitrogens with one attached hydrogen (secondary N) is 1. The van der Waals surface area contributed by atoms with Crippen molar-refractivity contribution in [3.63, 3.8) is 0 Å². The average Bonchev–Trinajstić information content (AvgIpc) is 2.81. The van der Waals surface area contributed by atoms with E-state index in [1.807, 2.05) is 12.1 Å². The summed E-state index contributed by atoms with van der Waals surface area (Å²) in [5.74, 6) is -0.194. The molecule has 0 aliphatic carbocycles. The number of hydrogen-bond donors (Lipinski definition) is 1. The summed E-state index contributed by atoms with van der Waals surface area (Å²) in [6, 6.07) is 17.3. The summed E-state index contributed by atoms with van der Waals surface area (Å²) >= 11 is 0. The predicted octanol–water partition coefficient (Wildman–Crippen LogP) is 6.32. The van der Waals surface area contributed by atoms with Crippen LogP contribution in [0.5, 0.6) is 0 Å². The fraction of sp³-hybridized carbons (Fsp3) is 0.250. The molecule has 1 aliphatic rings. The van der Waals surface area contributed by atoms with Gasteiger partial charge in [0.25, 0.3) is 0 Å². The third-order valence-electron chi connectivity index (χ3n) is 5.71. The Morgan fingerprint density at radius 3 is 2.59 bits per heavy atom. The largest absolute Gasteiger partial charge is 0.318 e. The lowest BCUT2D eigenvalue weighted by Gasteiger charge is -2.25. The topological polar surface area (TPSA) is 28.2 Å². The van der Waals surface area contributed by atoms with Gasteiger partial charge in [0.05, 0.1) is 5.52 Å². The summed E-state index contributed by atoms with van der Waals surface area (Å²) in [6.07, 6.45) is 10.2. The lowest BCUT2D eigenvalue weighted by atomic mass is 10.0. The maximum Gasteiger partial charge on any atom is 0.123 e. The van der Waals surface area contributed by atoms with E-state index in [1.54, 1.807) is 0 Å². The summed E-state index contributed by atoms with van der Waals surface area (Å²) < 4.78 is 13.1. The number of halogens is 1.